The summed E-state index contributed by atoms with van der Waals surface area (Å²) in [5, 5.41) is 19.9. The maximum Gasteiger partial charge on any atom is 0.490 e. The Kier molecular flexibility index (Phi) is 13.7. The first-order chi connectivity index (χ1) is 22.1. The zero-order valence-electron chi connectivity index (χ0n) is 26.2. The first-order valence-electron chi connectivity index (χ1n) is 13.9. The molecule has 1 fully saturated rings. The van der Waals surface area contributed by atoms with Crippen molar-refractivity contribution in [3.63, 3.8) is 0 Å². The second-order valence-electron chi connectivity index (χ2n) is 11.1. The molecule has 3 rings (SSSR count). The number of carboxylic acid groups (broad SMARTS) is 1. The summed E-state index contributed by atoms with van der Waals surface area (Å²) in [4.78, 5) is 45.5. The lowest BCUT2D eigenvalue weighted by molar-refractivity contribution is -0.192. The van der Waals surface area contributed by atoms with Crippen LogP contribution in [0.2, 0.25) is 0 Å². The second kappa shape index (κ2) is 16.4. The van der Waals surface area contributed by atoms with Gasteiger partial charge in [-0.3, -0.25) is 19.8 Å². The van der Waals surface area contributed by atoms with Crippen LogP contribution < -0.4 is 16.4 Å². The van der Waals surface area contributed by atoms with Crippen LogP contribution >= 0.6 is 15.9 Å². The molecule has 2 unspecified atom stereocenters. The van der Waals surface area contributed by atoms with Gasteiger partial charge >= 0.3 is 18.1 Å². The fourth-order valence-electron chi connectivity index (χ4n) is 4.27. The number of sulfonamides is 1. The number of amides is 2. The van der Waals surface area contributed by atoms with Gasteiger partial charge in [-0.1, -0.05) is 6.07 Å². The van der Waals surface area contributed by atoms with E-state index in [0.29, 0.717) is 21.3 Å². The van der Waals surface area contributed by atoms with Crippen LogP contribution in [0.1, 0.15) is 50.8 Å². The summed E-state index contributed by atoms with van der Waals surface area (Å²) in [5.41, 5.74) is 6.15. The van der Waals surface area contributed by atoms with Crippen LogP contribution in [0.25, 0.3) is 0 Å². The van der Waals surface area contributed by atoms with Gasteiger partial charge in [0, 0.05) is 22.3 Å². The number of benzene rings is 2. The molecule has 2 aromatic rings. The maximum absolute atomic E-state index is 13.7. The van der Waals surface area contributed by atoms with Crippen LogP contribution in [-0.2, 0) is 38.7 Å². The minimum absolute atomic E-state index is 0.0198. The molecule has 0 saturated carbocycles. The number of nitrogens with zero attached hydrogens (tertiary/aromatic N) is 1. The first-order valence-corrected chi connectivity index (χ1v) is 16.2. The Morgan fingerprint density at radius 3 is 2.25 bits per heavy atom. The molecule has 19 heteroatoms. The minimum atomic E-state index is -5.08. The molecule has 14 nitrogen and oxygen atoms in total. The van der Waals surface area contributed by atoms with E-state index in [9.17, 15) is 36.0 Å². The van der Waals surface area contributed by atoms with Crippen molar-refractivity contribution in [3.05, 3.63) is 58.1 Å². The number of carbonyl (C=O) groups excluding carboxylic acids is 3. The SMILES string of the molecule is COC(=O)CC1CN(S(=O)(=O)c2ccc(C(C)NC(=O)CC(=O)Nc3ccc(C(=N)N)cc3)cc2Br)C(C)(C)CO1.O=C(O)C(F)(F)F. The molecule has 1 saturated heterocycles. The van der Waals surface area contributed by atoms with E-state index in [2.05, 4.69) is 26.6 Å². The Balaban J connectivity index is 0.00000103. The van der Waals surface area contributed by atoms with E-state index in [1.165, 1.54) is 17.5 Å². The monoisotopic (exact) mass is 765 g/mol. The summed E-state index contributed by atoms with van der Waals surface area (Å²) in [6, 6.07) is 10.5. The molecule has 1 aliphatic rings. The highest BCUT2D eigenvalue weighted by Crippen LogP contribution is 2.34. The first kappa shape index (κ1) is 40.1. The van der Waals surface area contributed by atoms with Crippen LogP contribution in [0, 0.1) is 5.41 Å². The number of methoxy groups -OCH3 is 1. The van der Waals surface area contributed by atoms with Gasteiger partial charge in [0.25, 0.3) is 0 Å². The Bertz CT molecular complexity index is 1640. The van der Waals surface area contributed by atoms with Crippen molar-refractivity contribution in [1.82, 2.24) is 9.62 Å². The summed E-state index contributed by atoms with van der Waals surface area (Å²) in [6.07, 6.45) is -6.22. The van der Waals surface area contributed by atoms with Gasteiger partial charge < -0.3 is 30.9 Å². The van der Waals surface area contributed by atoms with Crippen molar-refractivity contribution in [2.24, 2.45) is 5.73 Å². The van der Waals surface area contributed by atoms with Crippen LogP contribution in [0.3, 0.4) is 0 Å². The third-order valence-electron chi connectivity index (χ3n) is 6.78. The zero-order valence-corrected chi connectivity index (χ0v) is 28.6. The molecule has 2 amide bonds. The molecular weight excluding hydrogens is 731 g/mol. The molecule has 0 aromatic heterocycles. The van der Waals surface area contributed by atoms with Crippen molar-refractivity contribution in [2.75, 3.05) is 25.6 Å². The molecule has 0 spiro atoms. The van der Waals surface area contributed by atoms with Crippen molar-refractivity contribution in [2.45, 2.75) is 62.4 Å². The van der Waals surface area contributed by atoms with E-state index >= 15 is 0 Å². The van der Waals surface area contributed by atoms with Gasteiger partial charge in [-0.05, 0) is 78.7 Å². The molecule has 0 bridgehead atoms. The Hall–Kier alpha value is -4.07. The lowest BCUT2D eigenvalue weighted by Crippen LogP contribution is -2.58. The third kappa shape index (κ3) is 11.3. The lowest BCUT2D eigenvalue weighted by atomic mass is 10.0. The van der Waals surface area contributed by atoms with Crippen LogP contribution in [0.5, 0.6) is 0 Å². The summed E-state index contributed by atoms with van der Waals surface area (Å²) >= 11 is 3.37. The van der Waals surface area contributed by atoms with Gasteiger partial charge in [0.15, 0.2) is 0 Å². The van der Waals surface area contributed by atoms with Crippen LogP contribution in [0.4, 0.5) is 18.9 Å². The van der Waals surface area contributed by atoms with E-state index in [4.69, 9.17) is 30.5 Å². The fraction of sp³-hybridized carbons (Fsp3) is 0.414. The number of nitrogen functional groups attached to an aromatic ring is 1. The number of alkyl halides is 3. The normalized spacial score (nSPS) is 16.8. The number of carboxylic acids is 1. The van der Waals surface area contributed by atoms with Gasteiger partial charge in [0.1, 0.15) is 12.3 Å². The summed E-state index contributed by atoms with van der Waals surface area (Å²) < 4.78 is 71.2. The topological polar surface area (TPSA) is 218 Å². The quantitative estimate of drug-likeness (QED) is 0.103. The molecule has 1 heterocycles. The predicted octanol–water partition coefficient (Wildman–Crippen LogP) is 3.30. The van der Waals surface area contributed by atoms with E-state index in [-0.39, 0.29) is 30.3 Å². The molecule has 264 valence electrons. The van der Waals surface area contributed by atoms with E-state index in [0.717, 1.165) is 0 Å². The molecule has 0 aliphatic carbocycles. The molecule has 2 aromatic carbocycles. The highest BCUT2D eigenvalue weighted by atomic mass is 79.9. The highest BCUT2D eigenvalue weighted by Gasteiger charge is 2.44. The van der Waals surface area contributed by atoms with Gasteiger partial charge in [0.05, 0.1) is 42.7 Å². The Labute approximate surface area is 282 Å². The lowest BCUT2D eigenvalue weighted by Gasteiger charge is -2.44. The standard InChI is InChI=1S/C27H34BrN5O7S.C2HF3O2/c1-16(31-23(34)13-24(35)32-19-8-5-17(6-9-19)26(29)30)18-7-10-22(21(28)11-18)41(37,38)33-14-20(12-25(36)39-4)40-15-27(33,2)3;3-2(4,5)1(6)7/h5-11,16,20H,12-15H2,1-4H3,(H3,29,30)(H,31,34)(H,32,35);(H,6,7). The summed E-state index contributed by atoms with van der Waals surface area (Å²) in [5.74, 6) is -4.38. The summed E-state index contributed by atoms with van der Waals surface area (Å²) in [7, 11) is -2.74. The second-order valence-corrected chi connectivity index (χ2v) is 13.7. The number of anilines is 1. The molecule has 1 aliphatic heterocycles. The van der Waals surface area contributed by atoms with Crippen molar-refractivity contribution >= 4 is 61.2 Å². The molecule has 48 heavy (non-hydrogen) atoms. The van der Waals surface area contributed by atoms with E-state index in [1.807, 2.05) is 0 Å². The van der Waals surface area contributed by atoms with Crippen molar-refractivity contribution in [1.29, 1.82) is 5.41 Å². The number of aliphatic carboxylic acids is 1. The van der Waals surface area contributed by atoms with Gasteiger partial charge in [0.2, 0.25) is 21.8 Å². The number of morpholine rings is 1. The average Bonchev–Trinajstić information content (AvgIpc) is 2.97. The van der Waals surface area contributed by atoms with Crippen molar-refractivity contribution < 1.29 is 55.3 Å². The Morgan fingerprint density at radius 2 is 1.75 bits per heavy atom. The molecule has 0 radical (unpaired) electrons. The number of carbonyl (C=O) groups is 4. The number of halogens is 4. The number of nitrogens with one attached hydrogen (secondary N) is 3. The third-order valence-corrected chi connectivity index (χ3v) is 9.84. The smallest absolute Gasteiger partial charge is 0.475 e. The average molecular weight is 767 g/mol. The number of esters is 1. The van der Waals surface area contributed by atoms with Gasteiger partial charge in [-0.25, -0.2) is 13.2 Å². The molecular formula is C29H35BrF3N5O9S. The predicted molar refractivity (Wildman–Crippen MR) is 169 cm³/mol. The van der Waals surface area contributed by atoms with Crippen molar-refractivity contribution in [3.8, 4) is 0 Å². The number of rotatable bonds is 10. The van der Waals surface area contributed by atoms with Gasteiger partial charge in [-0.15, -0.1) is 0 Å². The van der Waals surface area contributed by atoms with E-state index < -0.39 is 64.1 Å². The number of ether oxygens (including phenoxy) is 2. The maximum atomic E-state index is 13.7. The van der Waals surface area contributed by atoms with Gasteiger partial charge in [-0.2, -0.15) is 17.5 Å². The Morgan fingerprint density at radius 1 is 1.17 bits per heavy atom. The van der Waals surface area contributed by atoms with Crippen LogP contribution in [0.15, 0.2) is 51.8 Å². The van der Waals surface area contributed by atoms with E-state index in [1.54, 1.807) is 57.2 Å². The minimum Gasteiger partial charge on any atom is -0.475 e. The number of amidine groups is 1. The number of nitrogens with two attached hydrogens (primary N) is 1. The molecule has 6 N–H and O–H groups in total. The zero-order chi connectivity index (χ0) is 36.6. The highest BCUT2D eigenvalue weighted by molar-refractivity contribution is 9.10. The fourth-order valence-corrected chi connectivity index (χ4v) is 7.13. The summed E-state index contributed by atoms with van der Waals surface area (Å²) in [6.45, 7) is 5.29. The molecule has 2 atom stereocenters. The number of hydrogen-bond donors (Lipinski definition) is 5. The largest absolute Gasteiger partial charge is 0.490 e. The van der Waals surface area contributed by atoms with Crippen LogP contribution in [-0.4, -0.2) is 85.5 Å². The number of hydrogen-bond acceptors (Lipinski definition) is 9.